The number of thioether (sulfide) groups is 1. The third-order valence-electron chi connectivity index (χ3n) is 2.52. The second-order valence-corrected chi connectivity index (χ2v) is 5.22. The van der Waals surface area contributed by atoms with Crippen LogP contribution in [0.1, 0.15) is 17.3 Å². The van der Waals surface area contributed by atoms with Crippen molar-refractivity contribution in [3.05, 3.63) is 41.7 Å². The number of aromatic nitrogens is 3. The van der Waals surface area contributed by atoms with Gasteiger partial charge in [-0.3, -0.25) is 4.79 Å². The second-order valence-electron chi connectivity index (χ2n) is 3.91. The molecule has 1 atom stereocenters. The SMILES string of the molecule is CC(Sc1ncnn1C)C(=O)c1ccc(F)cc1F. The largest absolute Gasteiger partial charge is 0.293 e. The lowest BCUT2D eigenvalue weighted by Gasteiger charge is -2.10. The number of hydrogen-bond donors (Lipinski definition) is 0. The molecule has 0 saturated heterocycles. The summed E-state index contributed by atoms with van der Waals surface area (Å²) < 4.78 is 27.8. The molecule has 0 aliphatic rings. The zero-order valence-electron chi connectivity index (χ0n) is 10.3. The summed E-state index contributed by atoms with van der Waals surface area (Å²) in [4.78, 5) is 16.1. The van der Waals surface area contributed by atoms with Gasteiger partial charge in [0.05, 0.1) is 10.8 Å². The summed E-state index contributed by atoms with van der Waals surface area (Å²) in [5.74, 6) is -1.97. The minimum atomic E-state index is -0.851. The summed E-state index contributed by atoms with van der Waals surface area (Å²) in [6, 6.07) is 2.92. The van der Waals surface area contributed by atoms with Crippen molar-refractivity contribution >= 4 is 17.5 Å². The third kappa shape index (κ3) is 2.98. The zero-order valence-corrected chi connectivity index (χ0v) is 11.1. The van der Waals surface area contributed by atoms with Gasteiger partial charge < -0.3 is 0 Å². The van der Waals surface area contributed by atoms with E-state index < -0.39 is 22.7 Å². The number of carbonyl (C=O) groups excluding carboxylic acids is 1. The van der Waals surface area contributed by atoms with Crippen molar-refractivity contribution in [1.82, 2.24) is 14.8 Å². The number of hydrogen-bond acceptors (Lipinski definition) is 4. The van der Waals surface area contributed by atoms with Crippen molar-refractivity contribution in [2.75, 3.05) is 0 Å². The van der Waals surface area contributed by atoms with E-state index in [1.54, 1.807) is 14.0 Å². The van der Waals surface area contributed by atoms with Gasteiger partial charge in [0.1, 0.15) is 18.0 Å². The molecular weight excluding hydrogens is 272 g/mol. The predicted octanol–water partition coefficient (Wildman–Crippen LogP) is 2.46. The van der Waals surface area contributed by atoms with Gasteiger partial charge in [-0.2, -0.15) is 5.10 Å². The maximum absolute atomic E-state index is 13.5. The van der Waals surface area contributed by atoms with Gasteiger partial charge in [0.25, 0.3) is 0 Å². The molecular formula is C12H11F2N3OS. The summed E-state index contributed by atoms with van der Waals surface area (Å²) in [5, 5.41) is 3.90. The average Bonchev–Trinajstić information content (AvgIpc) is 2.74. The maximum Gasteiger partial charge on any atom is 0.186 e. The summed E-state index contributed by atoms with van der Waals surface area (Å²) in [6.45, 7) is 1.64. The number of halogens is 2. The molecule has 0 aliphatic heterocycles. The van der Waals surface area contributed by atoms with Gasteiger partial charge in [-0.05, 0) is 19.1 Å². The molecule has 0 radical (unpaired) electrons. The third-order valence-corrected chi connectivity index (χ3v) is 3.67. The van der Waals surface area contributed by atoms with Crippen molar-refractivity contribution < 1.29 is 13.6 Å². The first kappa shape index (κ1) is 13.7. The zero-order chi connectivity index (χ0) is 14.0. The molecule has 1 aromatic carbocycles. The van der Waals surface area contributed by atoms with Crippen molar-refractivity contribution in [1.29, 1.82) is 0 Å². The van der Waals surface area contributed by atoms with Gasteiger partial charge in [-0.25, -0.2) is 18.4 Å². The monoisotopic (exact) mass is 283 g/mol. The van der Waals surface area contributed by atoms with Crippen molar-refractivity contribution in [2.24, 2.45) is 7.05 Å². The van der Waals surface area contributed by atoms with E-state index >= 15 is 0 Å². The molecule has 4 nitrogen and oxygen atoms in total. The molecule has 0 N–H and O–H groups in total. The number of carbonyl (C=O) groups is 1. The highest BCUT2D eigenvalue weighted by molar-refractivity contribution is 8.00. The molecule has 0 aliphatic carbocycles. The normalized spacial score (nSPS) is 12.4. The number of Topliss-reactive ketones (excluding diaryl/α,β-unsaturated/α-hetero) is 1. The van der Waals surface area contributed by atoms with Gasteiger partial charge in [-0.1, -0.05) is 11.8 Å². The topological polar surface area (TPSA) is 47.8 Å². The minimum Gasteiger partial charge on any atom is -0.293 e. The highest BCUT2D eigenvalue weighted by Gasteiger charge is 2.21. The first-order valence-corrected chi connectivity index (χ1v) is 6.37. The molecule has 0 spiro atoms. The van der Waals surface area contributed by atoms with Crippen molar-refractivity contribution in [3.63, 3.8) is 0 Å². The van der Waals surface area contributed by atoms with Crippen LogP contribution in [0.5, 0.6) is 0 Å². The molecule has 0 amide bonds. The first-order chi connectivity index (χ1) is 8.99. The van der Waals surface area contributed by atoms with Crippen LogP contribution in [-0.4, -0.2) is 25.8 Å². The Hall–Kier alpha value is -1.76. The number of benzene rings is 1. The van der Waals surface area contributed by atoms with E-state index in [0.29, 0.717) is 11.2 Å². The van der Waals surface area contributed by atoms with Crippen LogP contribution in [0, 0.1) is 11.6 Å². The summed E-state index contributed by atoms with van der Waals surface area (Å²) in [5.41, 5.74) is -0.122. The highest BCUT2D eigenvalue weighted by Crippen LogP contribution is 2.24. The van der Waals surface area contributed by atoms with Crippen molar-refractivity contribution in [3.8, 4) is 0 Å². The van der Waals surface area contributed by atoms with Gasteiger partial charge in [-0.15, -0.1) is 0 Å². The molecule has 1 aromatic heterocycles. The Kier molecular flexibility index (Phi) is 3.94. The molecule has 2 aromatic rings. The Morgan fingerprint density at radius 2 is 2.16 bits per heavy atom. The predicted molar refractivity (Wildman–Crippen MR) is 67.0 cm³/mol. The number of ketones is 1. The van der Waals surface area contributed by atoms with Gasteiger partial charge in [0.15, 0.2) is 10.9 Å². The molecule has 0 saturated carbocycles. The molecule has 19 heavy (non-hydrogen) atoms. The maximum atomic E-state index is 13.5. The van der Waals surface area contributed by atoms with Crippen LogP contribution in [0.2, 0.25) is 0 Å². The van der Waals surface area contributed by atoms with E-state index in [2.05, 4.69) is 10.1 Å². The highest BCUT2D eigenvalue weighted by atomic mass is 32.2. The fourth-order valence-corrected chi connectivity index (χ4v) is 2.37. The fourth-order valence-electron chi connectivity index (χ4n) is 1.51. The Bertz CT molecular complexity index is 615. The van der Waals surface area contributed by atoms with E-state index in [-0.39, 0.29) is 5.56 Å². The van der Waals surface area contributed by atoms with Crippen LogP contribution >= 0.6 is 11.8 Å². The molecule has 1 unspecified atom stereocenters. The lowest BCUT2D eigenvalue weighted by Crippen LogP contribution is -2.16. The van der Waals surface area contributed by atoms with E-state index in [0.717, 1.165) is 12.1 Å². The molecule has 100 valence electrons. The van der Waals surface area contributed by atoms with Crippen LogP contribution in [0.3, 0.4) is 0 Å². The quantitative estimate of drug-likeness (QED) is 0.639. The Morgan fingerprint density at radius 3 is 2.74 bits per heavy atom. The van der Waals surface area contributed by atoms with Gasteiger partial charge >= 0.3 is 0 Å². The van der Waals surface area contributed by atoms with E-state index in [4.69, 9.17) is 0 Å². The molecule has 2 rings (SSSR count). The number of aryl methyl sites for hydroxylation is 1. The fraction of sp³-hybridized carbons (Fsp3) is 0.250. The average molecular weight is 283 g/mol. The van der Waals surface area contributed by atoms with E-state index in [1.807, 2.05) is 0 Å². The van der Waals surface area contributed by atoms with Crippen LogP contribution in [0.25, 0.3) is 0 Å². The van der Waals surface area contributed by atoms with Crippen LogP contribution in [-0.2, 0) is 7.05 Å². The lowest BCUT2D eigenvalue weighted by molar-refractivity contribution is 0.0990. The van der Waals surface area contributed by atoms with Crippen LogP contribution in [0.15, 0.2) is 29.7 Å². The summed E-state index contributed by atoms with van der Waals surface area (Å²) in [6.07, 6.45) is 1.37. The van der Waals surface area contributed by atoms with Gasteiger partial charge in [0, 0.05) is 13.1 Å². The second kappa shape index (κ2) is 5.48. The summed E-state index contributed by atoms with van der Waals surface area (Å²) in [7, 11) is 1.70. The van der Waals surface area contributed by atoms with E-state index in [9.17, 15) is 13.6 Å². The Morgan fingerprint density at radius 1 is 1.42 bits per heavy atom. The lowest BCUT2D eigenvalue weighted by atomic mass is 10.1. The smallest absolute Gasteiger partial charge is 0.186 e. The minimum absolute atomic E-state index is 0.122. The number of nitrogens with zero attached hydrogens (tertiary/aromatic N) is 3. The van der Waals surface area contributed by atoms with Crippen LogP contribution < -0.4 is 0 Å². The van der Waals surface area contributed by atoms with E-state index in [1.165, 1.54) is 22.8 Å². The summed E-state index contributed by atoms with van der Waals surface area (Å²) >= 11 is 1.17. The molecule has 0 bridgehead atoms. The number of rotatable bonds is 4. The van der Waals surface area contributed by atoms with Crippen molar-refractivity contribution in [2.45, 2.75) is 17.3 Å². The Labute approximate surface area is 112 Å². The Balaban J connectivity index is 2.17. The standard InChI is InChI=1S/C12H11F2N3OS/c1-7(19-12-15-6-16-17(12)2)11(18)9-4-3-8(13)5-10(9)14/h3-7H,1-2H3. The molecule has 1 heterocycles. The van der Waals surface area contributed by atoms with Crippen LogP contribution in [0.4, 0.5) is 8.78 Å². The van der Waals surface area contributed by atoms with Gasteiger partial charge in [0.2, 0.25) is 0 Å². The molecule has 7 heteroatoms. The molecule has 0 fully saturated rings. The first-order valence-electron chi connectivity index (χ1n) is 5.49.